The van der Waals surface area contributed by atoms with Crippen LogP contribution in [-0.2, 0) is 6.42 Å². The first-order chi connectivity index (χ1) is 9.69. The highest BCUT2D eigenvalue weighted by molar-refractivity contribution is 9.10. The van der Waals surface area contributed by atoms with Gasteiger partial charge in [-0.15, -0.1) is 11.8 Å². The molecule has 1 heterocycles. The van der Waals surface area contributed by atoms with E-state index in [2.05, 4.69) is 22.0 Å². The molecule has 1 unspecified atom stereocenters. The Balaban J connectivity index is 1.99. The predicted octanol–water partition coefficient (Wildman–Crippen LogP) is 4.19. The highest BCUT2D eigenvalue weighted by Gasteiger charge is 2.23. The van der Waals surface area contributed by atoms with Gasteiger partial charge in [0.1, 0.15) is 11.9 Å². The van der Waals surface area contributed by atoms with Crippen LogP contribution in [0.4, 0.5) is 0 Å². The maximum absolute atomic E-state index is 10.6. The van der Waals surface area contributed by atoms with Crippen molar-refractivity contribution in [3.05, 3.63) is 57.6 Å². The number of benzene rings is 2. The Bertz CT molecular complexity index is 625. The third-order valence-corrected chi connectivity index (χ3v) is 4.70. The Morgan fingerprint density at radius 1 is 1.25 bits per heavy atom. The van der Waals surface area contributed by atoms with E-state index in [1.54, 1.807) is 11.8 Å². The number of ether oxygens (including phenoxy) is 1. The van der Waals surface area contributed by atoms with Gasteiger partial charge in [0.2, 0.25) is 0 Å². The van der Waals surface area contributed by atoms with Gasteiger partial charge in [0.05, 0.1) is 6.61 Å². The zero-order valence-electron chi connectivity index (χ0n) is 11.1. The van der Waals surface area contributed by atoms with Gasteiger partial charge in [0, 0.05) is 21.4 Å². The van der Waals surface area contributed by atoms with Crippen molar-refractivity contribution in [3.63, 3.8) is 0 Å². The Hall–Kier alpha value is -0.970. The van der Waals surface area contributed by atoms with Gasteiger partial charge in [0.15, 0.2) is 0 Å². The monoisotopic (exact) mass is 350 g/mol. The van der Waals surface area contributed by atoms with Gasteiger partial charge < -0.3 is 9.84 Å². The first-order valence-electron chi connectivity index (χ1n) is 6.46. The molecule has 2 nitrogen and oxygen atoms in total. The molecule has 0 amide bonds. The Labute approximate surface area is 131 Å². The van der Waals surface area contributed by atoms with Crippen molar-refractivity contribution in [2.24, 2.45) is 0 Å². The molecule has 2 aromatic rings. The van der Waals surface area contributed by atoms with Crippen molar-refractivity contribution in [2.45, 2.75) is 17.4 Å². The van der Waals surface area contributed by atoms with Gasteiger partial charge >= 0.3 is 0 Å². The number of hydrogen-bond donors (Lipinski definition) is 1. The molecule has 0 fully saturated rings. The molecule has 0 saturated carbocycles. The Kier molecular flexibility index (Phi) is 4.06. The Morgan fingerprint density at radius 3 is 2.70 bits per heavy atom. The van der Waals surface area contributed by atoms with E-state index < -0.39 is 6.10 Å². The summed E-state index contributed by atoms with van der Waals surface area (Å²) in [5.41, 5.74) is 2.89. The average Bonchev–Trinajstić information content (AvgIpc) is 2.94. The van der Waals surface area contributed by atoms with E-state index in [1.807, 2.05) is 36.6 Å². The molecule has 0 radical (unpaired) electrons. The molecule has 2 aromatic carbocycles. The number of hydrogen-bond acceptors (Lipinski definition) is 3. The van der Waals surface area contributed by atoms with Crippen molar-refractivity contribution < 1.29 is 9.84 Å². The molecule has 1 N–H and O–H groups in total. The molecule has 0 aliphatic carbocycles. The zero-order valence-corrected chi connectivity index (χ0v) is 13.5. The number of aliphatic hydroxyl groups excluding tert-OH is 1. The highest BCUT2D eigenvalue weighted by atomic mass is 79.9. The second-order valence-corrected chi connectivity index (χ2v) is 6.55. The van der Waals surface area contributed by atoms with Crippen LogP contribution in [0.5, 0.6) is 5.75 Å². The number of aliphatic hydroxyl groups is 1. The molecule has 0 saturated heterocycles. The number of fused-ring (bicyclic) bond motifs is 1. The average molecular weight is 351 g/mol. The van der Waals surface area contributed by atoms with Crippen LogP contribution in [0.25, 0.3) is 0 Å². The van der Waals surface area contributed by atoms with E-state index in [9.17, 15) is 5.11 Å². The summed E-state index contributed by atoms with van der Waals surface area (Å²) in [7, 11) is 0. The van der Waals surface area contributed by atoms with Crippen LogP contribution in [-0.4, -0.2) is 18.0 Å². The minimum atomic E-state index is -0.657. The highest BCUT2D eigenvalue weighted by Crippen LogP contribution is 2.38. The molecular formula is C16H15BrO2S. The molecule has 4 heteroatoms. The molecule has 104 valence electrons. The lowest BCUT2D eigenvalue weighted by molar-refractivity contribution is 0.213. The summed E-state index contributed by atoms with van der Waals surface area (Å²) in [5, 5.41) is 10.6. The fraction of sp³-hybridized carbons (Fsp3) is 0.250. The second-order valence-electron chi connectivity index (χ2n) is 4.76. The number of thioether (sulfide) groups is 1. The van der Waals surface area contributed by atoms with Crippen LogP contribution in [0, 0.1) is 0 Å². The molecule has 20 heavy (non-hydrogen) atoms. The first-order valence-corrected chi connectivity index (χ1v) is 8.48. The summed E-state index contributed by atoms with van der Waals surface area (Å²) >= 11 is 5.20. The van der Waals surface area contributed by atoms with Crippen LogP contribution < -0.4 is 4.74 Å². The summed E-state index contributed by atoms with van der Waals surface area (Å²) in [4.78, 5) is 1.19. The number of rotatable bonds is 3. The van der Waals surface area contributed by atoms with Crippen LogP contribution in [0.1, 0.15) is 22.8 Å². The van der Waals surface area contributed by atoms with Crippen LogP contribution in [0.3, 0.4) is 0 Å². The minimum absolute atomic E-state index is 0.657. The molecule has 0 aromatic heterocycles. The van der Waals surface area contributed by atoms with Crippen molar-refractivity contribution in [1.29, 1.82) is 0 Å². The lowest BCUT2D eigenvalue weighted by Crippen LogP contribution is -2.02. The molecule has 0 bridgehead atoms. The van der Waals surface area contributed by atoms with Crippen molar-refractivity contribution in [3.8, 4) is 5.75 Å². The quantitative estimate of drug-likeness (QED) is 0.841. The smallest absolute Gasteiger partial charge is 0.128 e. The predicted molar refractivity (Wildman–Crippen MR) is 85.6 cm³/mol. The van der Waals surface area contributed by atoms with E-state index in [0.29, 0.717) is 6.61 Å². The lowest BCUT2D eigenvalue weighted by Gasteiger charge is -2.16. The lowest BCUT2D eigenvalue weighted by atomic mass is 9.98. The molecule has 3 rings (SSSR count). The minimum Gasteiger partial charge on any atom is -0.493 e. The first kappa shape index (κ1) is 14.0. The summed E-state index contributed by atoms with van der Waals surface area (Å²) < 4.78 is 6.67. The third kappa shape index (κ3) is 2.60. The number of halogens is 1. The van der Waals surface area contributed by atoms with Crippen molar-refractivity contribution >= 4 is 27.7 Å². The second kappa shape index (κ2) is 5.80. The van der Waals surface area contributed by atoms with Crippen LogP contribution in [0.15, 0.2) is 45.8 Å². The summed E-state index contributed by atoms with van der Waals surface area (Å²) in [6.45, 7) is 0.691. The molecular weight excluding hydrogens is 336 g/mol. The van der Waals surface area contributed by atoms with E-state index >= 15 is 0 Å². The molecule has 0 spiro atoms. The van der Waals surface area contributed by atoms with Crippen molar-refractivity contribution in [1.82, 2.24) is 0 Å². The molecule has 1 aliphatic heterocycles. The van der Waals surface area contributed by atoms with Gasteiger partial charge in [-0.3, -0.25) is 0 Å². The third-order valence-electron chi connectivity index (χ3n) is 3.50. The van der Waals surface area contributed by atoms with Gasteiger partial charge in [0.25, 0.3) is 0 Å². The molecule has 1 aliphatic rings. The van der Waals surface area contributed by atoms with E-state index in [4.69, 9.17) is 4.74 Å². The maximum atomic E-state index is 10.6. The topological polar surface area (TPSA) is 29.5 Å². The summed E-state index contributed by atoms with van der Waals surface area (Å²) in [6, 6.07) is 12.0. The van der Waals surface area contributed by atoms with Crippen molar-refractivity contribution in [2.75, 3.05) is 12.9 Å². The van der Waals surface area contributed by atoms with E-state index in [0.717, 1.165) is 33.3 Å². The van der Waals surface area contributed by atoms with E-state index in [-0.39, 0.29) is 0 Å². The Morgan fingerprint density at radius 2 is 2.00 bits per heavy atom. The van der Waals surface area contributed by atoms with Gasteiger partial charge in [-0.2, -0.15) is 0 Å². The van der Waals surface area contributed by atoms with Crippen LogP contribution in [0.2, 0.25) is 0 Å². The van der Waals surface area contributed by atoms with Gasteiger partial charge in [-0.25, -0.2) is 0 Å². The summed E-state index contributed by atoms with van der Waals surface area (Å²) in [6.07, 6.45) is 2.29. The summed E-state index contributed by atoms with van der Waals surface area (Å²) in [5.74, 6) is 0.842. The van der Waals surface area contributed by atoms with Crippen LogP contribution >= 0.6 is 27.7 Å². The molecule has 1 atom stereocenters. The fourth-order valence-corrected chi connectivity index (χ4v) is 3.40. The standard InChI is InChI=1S/C16H15BrO2S/c1-20-13-4-2-10(3-5-13)15(18)14-9-12(17)8-11-6-7-19-16(11)14/h2-5,8-9,15,18H,6-7H2,1H3. The maximum Gasteiger partial charge on any atom is 0.128 e. The largest absolute Gasteiger partial charge is 0.493 e. The fourth-order valence-electron chi connectivity index (χ4n) is 2.47. The van der Waals surface area contributed by atoms with Gasteiger partial charge in [-0.05, 0) is 41.6 Å². The SMILES string of the molecule is CSc1ccc(C(O)c2cc(Br)cc3c2OCC3)cc1. The normalized spacial score (nSPS) is 14.8. The zero-order chi connectivity index (χ0) is 14.1. The van der Waals surface area contributed by atoms with Gasteiger partial charge in [-0.1, -0.05) is 28.1 Å². The van der Waals surface area contributed by atoms with E-state index in [1.165, 1.54) is 4.90 Å².